The summed E-state index contributed by atoms with van der Waals surface area (Å²) in [6.07, 6.45) is 0.777. The van der Waals surface area contributed by atoms with Gasteiger partial charge in [-0.1, -0.05) is 18.2 Å². The molecule has 0 saturated carbocycles. The third-order valence-electron chi connectivity index (χ3n) is 1.50. The third-order valence-corrected chi connectivity index (χ3v) is 2.54. The Balaban J connectivity index is 0.00000106. The predicted molar refractivity (Wildman–Crippen MR) is 66.8 cm³/mol. The first-order chi connectivity index (χ1) is 7.79. The maximum absolute atomic E-state index is 10.4. The standard InChI is InChI=1S/C11H13O2S.BrH.Zn/c1-10(12)13-8-5-9-14-11-6-3-2-4-7-11;;/h2-4,6-8H,5,9H2,1H3;1H;/q-1;;+2/p-1. The fraction of sp³-hybridized carbons (Fsp3) is 0.273. The molecular weight excluding hydrogens is 341 g/mol. The summed E-state index contributed by atoms with van der Waals surface area (Å²) in [5.41, 5.74) is 0. The number of halogens is 1. The van der Waals surface area contributed by atoms with Gasteiger partial charge in [-0.05, 0) is 17.9 Å². The Bertz CT molecular complexity index is 283. The minimum atomic E-state index is -0.255. The van der Waals surface area contributed by atoms with E-state index >= 15 is 0 Å². The van der Waals surface area contributed by atoms with Gasteiger partial charge in [-0.25, -0.2) is 0 Å². The Morgan fingerprint density at radius 3 is 2.62 bits per heavy atom. The minimum absolute atomic E-state index is 0.255. The molecule has 0 unspecified atom stereocenters. The molecular formula is C11H13BrO2SZn. The zero-order valence-corrected chi connectivity index (χ0v) is 14.6. The van der Waals surface area contributed by atoms with Gasteiger partial charge in [0.05, 0.1) is 0 Å². The van der Waals surface area contributed by atoms with E-state index in [0.29, 0.717) is 0 Å². The molecule has 0 aliphatic rings. The van der Waals surface area contributed by atoms with Crippen molar-refractivity contribution in [2.45, 2.75) is 18.2 Å². The van der Waals surface area contributed by atoms with Crippen LogP contribution in [0.4, 0.5) is 0 Å². The zero-order valence-electron chi connectivity index (χ0n) is 9.19. The molecule has 84 valence electrons. The van der Waals surface area contributed by atoms with Crippen LogP contribution in [0.1, 0.15) is 13.3 Å². The van der Waals surface area contributed by atoms with Crippen molar-refractivity contribution in [2.75, 3.05) is 5.75 Å². The van der Waals surface area contributed by atoms with E-state index in [1.807, 2.05) is 18.2 Å². The molecule has 0 N–H and O–H groups in total. The van der Waals surface area contributed by atoms with Crippen LogP contribution in [0, 0.1) is 6.61 Å². The number of ether oxygens (including phenoxy) is 1. The second-order valence-electron chi connectivity index (χ2n) is 2.73. The number of rotatable bonds is 5. The van der Waals surface area contributed by atoms with Gasteiger partial charge in [0.15, 0.2) is 0 Å². The SMILES string of the molecule is CC(=O)O[CH-]CCSc1ccccc1.[Zn+][Br]. The van der Waals surface area contributed by atoms with Gasteiger partial charge in [0, 0.05) is 11.8 Å². The summed E-state index contributed by atoms with van der Waals surface area (Å²) in [5.74, 6) is 0.673. The van der Waals surface area contributed by atoms with Gasteiger partial charge < -0.3 is 4.74 Å². The average molecular weight is 355 g/mol. The first-order valence-electron chi connectivity index (χ1n) is 4.72. The molecule has 0 bridgehead atoms. The van der Waals surface area contributed by atoms with Crippen LogP contribution in [-0.2, 0) is 25.9 Å². The first-order valence-corrected chi connectivity index (χ1v) is 12.7. The van der Waals surface area contributed by atoms with Crippen molar-refractivity contribution in [2.24, 2.45) is 0 Å². The fourth-order valence-corrected chi connectivity index (χ4v) is 1.72. The van der Waals surface area contributed by atoms with Gasteiger partial charge in [-0.3, -0.25) is 4.79 Å². The van der Waals surface area contributed by atoms with Crippen LogP contribution < -0.4 is 0 Å². The third kappa shape index (κ3) is 9.38. The predicted octanol–water partition coefficient (Wildman–Crippen LogP) is 3.74. The summed E-state index contributed by atoms with van der Waals surface area (Å²) in [7, 11) is 0. The van der Waals surface area contributed by atoms with Crippen molar-refractivity contribution in [1.29, 1.82) is 0 Å². The van der Waals surface area contributed by atoms with E-state index in [4.69, 9.17) is 4.74 Å². The van der Waals surface area contributed by atoms with Crippen molar-refractivity contribution in [3.05, 3.63) is 36.9 Å². The van der Waals surface area contributed by atoms with E-state index in [0.717, 1.165) is 12.2 Å². The summed E-state index contributed by atoms with van der Waals surface area (Å²) in [6, 6.07) is 10.2. The number of hydrogen-bond donors (Lipinski definition) is 0. The van der Waals surface area contributed by atoms with E-state index in [2.05, 4.69) is 25.8 Å². The summed E-state index contributed by atoms with van der Waals surface area (Å²) in [4.78, 5) is 11.7. The van der Waals surface area contributed by atoms with E-state index in [-0.39, 0.29) is 5.97 Å². The van der Waals surface area contributed by atoms with Crippen LogP contribution in [0.5, 0.6) is 0 Å². The Morgan fingerprint density at radius 1 is 1.44 bits per heavy atom. The molecule has 0 atom stereocenters. The molecule has 1 aromatic carbocycles. The number of esters is 1. The van der Waals surface area contributed by atoms with Crippen molar-refractivity contribution in [1.82, 2.24) is 0 Å². The number of carbonyl (C=O) groups excluding carboxylic acids is 1. The molecule has 0 heterocycles. The molecule has 0 fully saturated rings. The molecule has 1 rings (SSSR count). The molecule has 0 aromatic heterocycles. The molecule has 5 heteroatoms. The second-order valence-corrected chi connectivity index (χ2v) is 3.89. The summed E-state index contributed by atoms with van der Waals surface area (Å²) in [6.45, 7) is 2.96. The number of carbonyl (C=O) groups is 1. The van der Waals surface area contributed by atoms with Crippen molar-refractivity contribution < 1.29 is 25.9 Å². The van der Waals surface area contributed by atoms with Gasteiger partial charge in [0.25, 0.3) is 5.97 Å². The van der Waals surface area contributed by atoms with Gasteiger partial charge in [-0.2, -0.15) is 6.61 Å². The zero-order chi connectivity index (χ0) is 12.2. The van der Waals surface area contributed by atoms with Crippen LogP contribution in [-0.4, -0.2) is 11.7 Å². The number of benzene rings is 1. The Kier molecular flexibility index (Phi) is 11.7. The molecule has 0 saturated heterocycles. The Morgan fingerprint density at radius 2 is 2.06 bits per heavy atom. The Hall–Kier alpha value is 0.143. The van der Waals surface area contributed by atoms with Crippen LogP contribution in [0.15, 0.2) is 35.2 Å². The van der Waals surface area contributed by atoms with Gasteiger partial charge >= 0.3 is 30.0 Å². The van der Waals surface area contributed by atoms with Crippen molar-refractivity contribution >= 4 is 31.4 Å². The summed E-state index contributed by atoms with van der Waals surface area (Å²) >= 11 is 6.00. The van der Waals surface area contributed by atoms with Gasteiger partial charge in [0.1, 0.15) is 0 Å². The van der Waals surface area contributed by atoms with Crippen LogP contribution >= 0.6 is 25.4 Å². The molecule has 2 nitrogen and oxygen atoms in total. The van der Waals surface area contributed by atoms with E-state index in [1.54, 1.807) is 18.4 Å². The molecule has 1 aromatic rings. The van der Waals surface area contributed by atoms with Crippen molar-refractivity contribution in [3.63, 3.8) is 0 Å². The molecule has 16 heavy (non-hydrogen) atoms. The van der Waals surface area contributed by atoms with Crippen molar-refractivity contribution in [3.8, 4) is 0 Å². The molecule has 0 spiro atoms. The fourth-order valence-electron chi connectivity index (χ4n) is 0.918. The molecule has 0 radical (unpaired) electrons. The second kappa shape index (κ2) is 11.6. The monoisotopic (exact) mass is 352 g/mol. The Labute approximate surface area is 118 Å². The number of hydrogen-bond acceptors (Lipinski definition) is 3. The van der Waals surface area contributed by atoms with E-state index in [1.165, 1.54) is 28.2 Å². The molecule has 0 aliphatic carbocycles. The first kappa shape index (κ1) is 16.1. The quantitative estimate of drug-likeness (QED) is 0.265. The molecule has 0 amide bonds. The van der Waals surface area contributed by atoms with E-state index in [9.17, 15) is 4.79 Å². The van der Waals surface area contributed by atoms with Crippen LogP contribution in [0.25, 0.3) is 0 Å². The molecule has 0 aliphatic heterocycles. The topological polar surface area (TPSA) is 26.3 Å². The maximum atomic E-state index is 10.4. The van der Waals surface area contributed by atoms with Crippen LogP contribution in [0.3, 0.4) is 0 Å². The summed E-state index contributed by atoms with van der Waals surface area (Å²) in [5, 5.41) is 0. The van der Waals surface area contributed by atoms with Crippen LogP contribution in [0.2, 0.25) is 0 Å². The normalized spacial score (nSPS) is 9.00. The van der Waals surface area contributed by atoms with E-state index < -0.39 is 0 Å². The summed E-state index contributed by atoms with van der Waals surface area (Å²) < 4.78 is 4.70. The van der Waals surface area contributed by atoms with Gasteiger partial charge in [0.2, 0.25) is 0 Å². The number of thioether (sulfide) groups is 1. The van der Waals surface area contributed by atoms with Gasteiger partial charge in [-0.15, -0.1) is 18.2 Å². The average Bonchev–Trinajstić information content (AvgIpc) is 2.32.